The number of nitrogens with zero attached hydrogens (tertiary/aromatic N) is 1. The molecule has 0 saturated carbocycles. The highest BCUT2D eigenvalue weighted by Crippen LogP contribution is 2.23. The SMILES string of the molecule is NCC1CCN(C2CCCS(=O)(=O)C2)CC1. The third-order valence-corrected chi connectivity index (χ3v) is 5.74. The molecule has 2 fully saturated rings. The average Bonchev–Trinajstić information content (AvgIpc) is 2.28. The van der Waals surface area contributed by atoms with Gasteiger partial charge in [-0.3, -0.25) is 4.90 Å². The molecule has 2 rings (SSSR count). The van der Waals surface area contributed by atoms with Crippen LogP contribution in [0.1, 0.15) is 25.7 Å². The zero-order valence-corrected chi connectivity index (χ0v) is 10.6. The van der Waals surface area contributed by atoms with Crippen LogP contribution in [0.3, 0.4) is 0 Å². The van der Waals surface area contributed by atoms with Gasteiger partial charge in [-0.2, -0.15) is 0 Å². The summed E-state index contributed by atoms with van der Waals surface area (Å²) in [6.45, 7) is 2.83. The first kappa shape index (κ1) is 12.3. The van der Waals surface area contributed by atoms with Crippen LogP contribution in [-0.4, -0.2) is 50.5 Å². The van der Waals surface area contributed by atoms with E-state index in [1.54, 1.807) is 0 Å². The van der Waals surface area contributed by atoms with Crippen LogP contribution in [0.5, 0.6) is 0 Å². The lowest BCUT2D eigenvalue weighted by atomic mass is 9.95. The van der Waals surface area contributed by atoms with Gasteiger partial charge in [-0.25, -0.2) is 8.42 Å². The maximum atomic E-state index is 11.6. The number of hydrogen-bond donors (Lipinski definition) is 1. The van der Waals surface area contributed by atoms with Gasteiger partial charge in [0.1, 0.15) is 0 Å². The monoisotopic (exact) mass is 246 g/mol. The van der Waals surface area contributed by atoms with E-state index in [1.807, 2.05) is 0 Å². The predicted molar refractivity (Wildman–Crippen MR) is 65.0 cm³/mol. The van der Waals surface area contributed by atoms with Gasteiger partial charge in [-0.1, -0.05) is 0 Å². The fraction of sp³-hybridized carbons (Fsp3) is 1.00. The molecule has 0 aromatic carbocycles. The summed E-state index contributed by atoms with van der Waals surface area (Å²) >= 11 is 0. The molecular weight excluding hydrogens is 224 g/mol. The third-order valence-electron chi connectivity index (χ3n) is 3.94. The van der Waals surface area contributed by atoms with Gasteiger partial charge in [0.15, 0.2) is 9.84 Å². The van der Waals surface area contributed by atoms with E-state index in [1.165, 1.54) is 0 Å². The zero-order chi connectivity index (χ0) is 11.6. The Morgan fingerprint density at radius 1 is 1.19 bits per heavy atom. The first-order valence-electron chi connectivity index (χ1n) is 6.25. The summed E-state index contributed by atoms with van der Waals surface area (Å²) in [6, 6.07) is 0.275. The molecule has 16 heavy (non-hydrogen) atoms. The van der Waals surface area contributed by atoms with Crippen molar-refractivity contribution in [2.45, 2.75) is 31.7 Å². The van der Waals surface area contributed by atoms with E-state index in [9.17, 15) is 8.42 Å². The molecule has 0 aromatic rings. The first-order valence-corrected chi connectivity index (χ1v) is 8.07. The molecule has 2 N–H and O–H groups in total. The minimum atomic E-state index is -2.77. The van der Waals surface area contributed by atoms with E-state index in [2.05, 4.69) is 4.90 Å². The Kier molecular flexibility index (Phi) is 3.87. The quantitative estimate of drug-likeness (QED) is 0.758. The summed E-state index contributed by atoms with van der Waals surface area (Å²) in [5, 5.41) is 0. The Bertz CT molecular complexity index is 321. The summed E-state index contributed by atoms with van der Waals surface area (Å²) in [5.41, 5.74) is 5.66. The predicted octanol–water partition coefficient (Wildman–Crippen LogP) is 0.234. The Labute approximate surface area is 98.1 Å². The van der Waals surface area contributed by atoms with Gasteiger partial charge in [0.25, 0.3) is 0 Å². The third kappa shape index (κ3) is 2.96. The lowest BCUT2D eigenvalue weighted by Gasteiger charge is -2.38. The average molecular weight is 246 g/mol. The van der Waals surface area contributed by atoms with Crippen LogP contribution in [0.15, 0.2) is 0 Å². The molecule has 2 saturated heterocycles. The molecule has 1 unspecified atom stereocenters. The highest BCUT2D eigenvalue weighted by Gasteiger charge is 2.31. The van der Waals surface area contributed by atoms with E-state index in [0.29, 0.717) is 17.4 Å². The van der Waals surface area contributed by atoms with Crippen molar-refractivity contribution in [3.8, 4) is 0 Å². The van der Waals surface area contributed by atoms with Crippen LogP contribution in [-0.2, 0) is 9.84 Å². The van der Waals surface area contributed by atoms with E-state index in [-0.39, 0.29) is 6.04 Å². The zero-order valence-electron chi connectivity index (χ0n) is 9.77. The molecule has 0 amide bonds. The highest BCUT2D eigenvalue weighted by atomic mass is 32.2. The van der Waals surface area contributed by atoms with Crippen molar-refractivity contribution in [3.63, 3.8) is 0 Å². The molecular formula is C11H22N2O2S. The Morgan fingerprint density at radius 2 is 1.88 bits per heavy atom. The van der Waals surface area contributed by atoms with Gasteiger partial charge in [-0.15, -0.1) is 0 Å². The van der Waals surface area contributed by atoms with Crippen molar-refractivity contribution in [3.05, 3.63) is 0 Å². The van der Waals surface area contributed by atoms with E-state index in [4.69, 9.17) is 5.73 Å². The van der Waals surface area contributed by atoms with Crippen molar-refractivity contribution < 1.29 is 8.42 Å². The normalized spacial score (nSPS) is 32.7. The molecule has 0 bridgehead atoms. The lowest BCUT2D eigenvalue weighted by molar-refractivity contribution is 0.136. The molecule has 1 atom stereocenters. The van der Waals surface area contributed by atoms with Crippen molar-refractivity contribution in [2.24, 2.45) is 11.7 Å². The molecule has 2 aliphatic heterocycles. The molecule has 5 heteroatoms. The van der Waals surface area contributed by atoms with Gasteiger partial charge in [0.05, 0.1) is 11.5 Å². The molecule has 2 heterocycles. The van der Waals surface area contributed by atoms with Gasteiger partial charge < -0.3 is 5.73 Å². The topological polar surface area (TPSA) is 63.4 Å². The second-order valence-corrected chi connectivity index (χ2v) is 7.35. The Balaban J connectivity index is 1.89. The Hall–Kier alpha value is -0.130. The number of piperidine rings is 1. The van der Waals surface area contributed by atoms with Crippen LogP contribution >= 0.6 is 0 Å². The number of nitrogens with two attached hydrogens (primary N) is 1. The second-order valence-electron chi connectivity index (χ2n) is 5.13. The summed E-state index contributed by atoms with van der Waals surface area (Å²) < 4.78 is 23.2. The van der Waals surface area contributed by atoms with Crippen molar-refractivity contribution in [1.29, 1.82) is 0 Å². The molecule has 0 aliphatic carbocycles. The first-order chi connectivity index (χ1) is 7.61. The summed E-state index contributed by atoms with van der Waals surface area (Å²) in [5.74, 6) is 1.42. The minimum Gasteiger partial charge on any atom is -0.330 e. The van der Waals surface area contributed by atoms with Crippen LogP contribution in [0, 0.1) is 5.92 Å². The molecule has 4 nitrogen and oxygen atoms in total. The summed E-state index contributed by atoms with van der Waals surface area (Å²) in [7, 11) is -2.77. The number of sulfone groups is 1. The maximum Gasteiger partial charge on any atom is 0.151 e. The van der Waals surface area contributed by atoms with Crippen molar-refractivity contribution in [1.82, 2.24) is 4.90 Å². The molecule has 0 radical (unpaired) electrons. The fourth-order valence-electron chi connectivity index (χ4n) is 2.84. The van der Waals surface area contributed by atoms with Gasteiger partial charge in [0.2, 0.25) is 0 Å². The van der Waals surface area contributed by atoms with Crippen LogP contribution in [0.25, 0.3) is 0 Å². The smallest absolute Gasteiger partial charge is 0.151 e. The maximum absolute atomic E-state index is 11.6. The van der Waals surface area contributed by atoms with Gasteiger partial charge >= 0.3 is 0 Å². The summed E-state index contributed by atoms with van der Waals surface area (Å²) in [6.07, 6.45) is 4.15. The van der Waals surface area contributed by atoms with Crippen molar-refractivity contribution >= 4 is 9.84 Å². The molecule has 2 aliphatic rings. The largest absolute Gasteiger partial charge is 0.330 e. The molecule has 0 aromatic heterocycles. The van der Waals surface area contributed by atoms with Gasteiger partial charge in [-0.05, 0) is 51.2 Å². The number of rotatable bonds is 2. The highest BCUT2D eigenvalue weighted by molar-refractivity contribution is 7.91. The van der Waals surface area contributed by atoms with Gasteiger partial charge in [0, 0.05) is 6.04 Å². The Morgan fingerprint density at radius 3 is 2.44 bits per heavy atom. The number of hydrogen-bond acceptors (Lipinski definition) is 4. The van der Waals surface area contributed by atoms with E-state index in [0.717, 1.165) is 45.3 Å². The van der Waals surface area contributed by atoms with Crippen LogP contribution in [0.4, 0.5) is 0 Å². The fourth-order valence-corrected chi connectivity index (χ4v) is 4.58. The minimum absolute atomic E-state index is 0.275. The lowest BCUT2D eigenvalue weighted by Crippen LogP contribution is -2.47. The number of likely N-dealkylation sites (tertiary alicyclic amines) is 1. The van der Waals surface area contributed by atoms with E-state index < -0.39 is 9.84 Å². The standard InChI is InChI=1S/C11H22N2O2S/c12-8-10-3-5-13(6-4-10)11-2-1-7-16(14,15)9-11/h10-11H,1-9,12H2. The molecule has 94 valence electrons. The van der Waals surface area contributed by atoms with Crippen molar-refractivity contribution in [2.75, 3.05) is 31.1 Å². The summed E-state index contributed by atoms with van der Waals surface area (Å²) in [4.78, 5) is 2.36. The van der Waals surface area contributed by atoms with Crippen LogP contribution in [0.2, 0.25) is 0 Å². The van der Waals surface area contributed by atoms with Crippen LogP contribution < -0.4 is 5.73 Å². The molecule has 0 spiro atoms. The van der Waals surface area contributed by atoms with E-state index >= 15 is 0 Å². The second kappa shape index (κ2) is 5.02.